The second-order valence-electron chi connectivity index (χ2n) is 4.41. The van der Waals surface area contributed by atoms with Crippen LogP contribution in [0.15, 0.2) is 12.4 Å². The molecular formula is C11H17N3O. The van der Waals surface area contributed by atoms with E-state index in [0.29, 0.717) is 11.8 Å². The molecule has 1 aliphatic rings. The number of anilines is 1. The standard InChI is InChI=1S/C11H17N3O/c1-8-5-14(6-9(8)2)11-12-3-10(7-15)4-13-11/h3-4,8-9,15H,5-7H2,1-2H3. The fourth-order valence-electron chi connectivity index (χ4n) is 1.89. The second kappa shape index (κ2) is 4.14. The minimum Gasteiger partial charge on any atom is -0.392 e. The summed E-state index contributed by atoms with van der Waals surface area (Å²) in [6.45, 7) is 6.58. The third-order valence-electron chi connectivity index (χ3n) is 3.15. The van der Waals surface area contributed by atoms with Crippen molar-refractivity contribution in [1.82, 2.24) is 9.97 Å². The minimum absolute atomic E-state index is 0.00703. The van der Waals surface area contributed by atoms with Crippen LogP contribution in [0.5, 0.6) is 0 Å². The van der Waals surface area contributed by atoms with Gasteiger partial charge in [0.2, 0.25) is 5.95 Å². The molecule has 4 nitrogen and oxygen atoms in total. The van der Waals surface area contributed by atoms with Crippen LogP contribution in [0.4, 0.5) is 5.95 Å². The van der Waals surface area contributed by atoms with Gasteiger partial charge in [0.05, 0.1) is 6.61 Å². The highest BCUT2D eigenvalue weighted by Crippen LogP contribution is 2.24. The SMILES string of the molecule is CC1CN(c2ncc(CO)cn2)CC1C. The highest BCUT2D eigenvalue weighted by atomic mass is 16.3. The average Bonchev–Trinajstić information content (AvgIpc) is 2.59. The van der Waals surface area contributed by atoms with Crippen LogP contribution >= 0.6 is 0 Å². The summed E-state index contributed by atoms with van der Waals surface area (Å²) in [5.41, 5.74) is 0.763. The van der Waals surface area contributed by atoms with Gasteiger partial charge in [-0.3, -0.25) is 0 Å². The van der Waals surface area contributed by atoms with Crippen molar-refractivity contribution in [3.8, 4) is 0 Å². The normalized spacial score (nSPS) is 25.9. The van der Waals surface area contributed by atoms with E-state index < -0.39 is 0 Å². The molecule has 0 radical (unpaired) electrons. The van der Waals surface area contributed by atoms with E-state index in [1.54, 1.807) is 12.4 Å². The summed E-state index contributed by atoms with van der Waals surface area (Å²) in [7, 11) is 0. The Morgan fingerprint density at radius 1 is 1.27 bits per heavy atom. The largest absolute Gasteiger partial charge is 0.392 e. The summed E-state index contributed by atoms with van der Waals surface area (Å²) in [5, 5.41) is 8.88. The summed E-state index contributed by atoms with van der Waals surface area (Å²) in [6, 6.07) is 0. The summed E-state index contributed by atoms with van der Waals surface area (Å²) < 4.78 is 0. The maximum Gasteiger partial charge on any atom is 0.225 e. The first-order valence-electron chi connectivity index (χ1n) is 5.37. The van der Waals surface area contributed by atoms with Crippen molar-refractivity contribution >= 4 is 5.95 Å². The van der Waals surface area contributed by atoms with Crippen molar-refractivity contribution in [2.45, 2.75) is 20.5 Å². The first kappa shape index (κ1) is 10.4. The van der Waals surface area contributed by atoms with Gasteiger partial charge in [0.15, 0.2) is 0 Å². The lowest BCUT2D eigenvalue weighted by Gasteiger charge is -2.15. The van der Waals surface area contributed by atoms with E-state index in [2.05, 4.69) is 28.7 Å². The van der Waals surface area contributed by atoms with Gasteiger partial charge in [0.1, 0.15) is 0 Å². The second-order valence-corrected chi connectivity index (χ2v) is 4.41. The van der Waals surface area contributed by atoms with Crippen LogP contribution < -0.4 is 4.90 Å². The Kier molecular flexibility index (Phi) is 2.86. The number of hydrogen-bond donors (Lipinski definition) is 1. The monoisotopic (exact) mass is 207 g/mol. The first-order valence-corrected chi connectivity index (χ1v) is 5.37. The molecule has 1 aromatic heterocycles. The van der Waals surface area contributed by atoms with Crippen molar-refractivity contribution in [1.29, 1.82) is 0 Å². The molecule has 82 valence electrons. The molecule has 4 heteroatoms. The molecule has 15 heavy (non-hydrogen) atoms. The maximum atomic E-state index is 8.88. The van der Waals surface area contributed by atoms with E-state index in [0.717, 1.165) is 24.6 Å². The number of hydrogen-bond acceptors (Lipinski definition) is 4. The molecule has 2 heterocycles. The molecule has 0 aromatic carbocycles. The molecule has 0 amide bonds. The van der Waals surface area contributed by atoms with Crippen molar-refractivity contribution in [2.75, 3.05) is 18.0 Å². The fraction of sp³-hybridized carbons (Fsp3) is 0.636. The molecule has 1 aromatic rings. The molecule has 2 atom stereocenters. The van der Waals surface area contributed by atoms with Crippen LogP contribution in [0.3, 0.4) is 0 Å². The first-order chi connectivity index (χ1) is 7.20. The molecule has 1 aliphatic heterocycles. The van der Waals surface area contributed by atoms with Gasteiger partial charge in [0, 0.05) is 31.0 Å². The number of nitrogens with zero attached hydrogens (tertiary/aromatic N) is 3. The average molecular weight is 207 g/mol. The molecule has 0 aliphatic carbocycles. The predicted octanol–water partition coefficient (Wildman–Crippen LogP) is 1.06. The zero-order chi connectivity index (χ0) is 10.8. The van der Waals surface area contributed by atoms with Gasteiger partial charge >= 0.3 is 0 Å². The van der Waals surface area contributed by atoms with Gasteiger partial charge in [0.25, 0.3) is 0 Å². The van der Waals surface area contributed by atoms with Crippen molar-refractivity contribution in [3.63, 3.8) is 0 Å². The maximum absolute atomic E-state index is 8.88. The van der Waals surface area contributed by atoms with E-state index in [-0.39, 0.29) is 6.61 Å². The Labute approximate surface area is 90.0 Å². The quantitative estimate of drug-likeness (QED) is 0.788. The van der Waals surface area contributed by atoms with Crippen molar-refractivity contribution in [2.24, 2.45) is 11.8 Å². The van der Waals surface area contributed by atoms with Gasteiger partial charge in [-0.15, -0.1) is 0 Å². The van der Waals surface area contributed by atoms with Crippen LogP contribution in [0.1, 0.15) is 19.4 Å². The lowest BCUT2D eigenvalue weighted by molar-refractivity contribution is 0.281. The topological polar surface area (TPSA) is 49.2 Å². The van der Waals surface area contributed by atoms with Crippen LogP contribution in [0, 0.1) is 11.8 Å². The number of aliphatic hydroxyl groups is 1. The molecule has 2 unspecified atom stereocenters. The molecule has 2 rings (SSSR count). The Morgan fingerprint density at radius 2 is 1.80 bits per heavy atom. The zero-order valence-corrected chi connectivity index (χ0v) is 9.22. The van der Waals surface area contributed by atoms with Gasteiger partial charge in [-0.05, 0) is 11.8 Å². The van der Waals surface area contributed by atoms with Crippen LogP contribution in [0.25, 0.3) is 0 Å². The van der Waals surface area contributed by atoms with Crippen molar-refractivity contribution in [3.05, 3.63) is 18.0 Å². The summed E-state index contributed by atoms with van der Waals surface area (Å²) in [6.07, 6.45) is 3.38. The van der Waals surface area contributed by atoms with E-state index in [1.807, 2.05) is 0 Å². The van der Waals surface area contributed by atoms with E-state index >= 15 is 0 Å². The van der Waals surface area contributed by atoms with Crippen LogP contribution in [0.2, 0.25) is 0 Å². The van der Waals surface area contributed by atoms with Gasteiger partial charge in [-0.1, -0.05) is 13.8 Å². The van der Waals surface area contributed by atoms with Gasteiger partial charge in [-0.25, -0.2) is 9.97 Å². The molecule has 1 fully saturated rings. The molecular weight excluding hydrogens is 190 g/mol. The predicted molar refractivity (Wildman–Crippen MR) is 58.5 cm³/mol. The van der Waals surface area contributed by atoms with E-state index in [1.165, 1.54) is 0 Å². The van der Waals surface area contributed by atoms with E-state index in [4.69, 9.17) is 5.11 Å². The van der Waals surface area contributed by atoms with Gasteiger partial charge in [-0.2, -0.15) is 0 Å². The Morgan fingerprint density at radius 3 is 2.27 bits per heavy atom. The third-order valence-corrected chi connectivity index (χ3v) is 3.15. The summed E-state index contributed by atoms with van der Waals surface area (Å²) >= 11 is 0. The summed E-state index contributed by atoms with van der Waals surface area (Å²) in [5.74, 6) is 2.18. The lowest BCUT2D eigenvalue weighted by atomic mass is 10.0. The van der Waals surface area contributed by atoms with Gasteiger partial charge < -0.3 is 10.0 Å². The number of aliphatic hydroxyl groups excluding tert-OH is 1. The number of aromatic nitrogens is 2. The Hall–Kier alpha value is -1.16. The smallest absolute Gasteiger partial charge is 0.225 e. The molecule has 0 bridgehead atoms. The summed E-state index contributed by atoms with van der Waals surface area (Å²) in [4.78, 5) is 10.7. The van der Waals surface area contributed by atoms with Crippen molar-refractivity contribution < 1.29 is 5.11 Å². The number of rotatable bonds is 2. The zero-order valence-electron chi connectivity index (χ0n) is 9.22. The highest BCUT2D eigenvalue weighted by Gasteiger charge is 2.27. The molecule has 0 spiro atoms. The van der Waals surface area contributed by atoms with Crippen LogP contribution in [-0.4, -0.2) is 28.2 Å². The Bertz CT molecular complexity index is 315. The lowest BCUT2D eigenvalue weighted by Crippen LogP contribution is -2.22. The molecule has 0 saturated carbocycles. The fourth-order valence-corrected chi connectivity index (χ4v) is 1.89. The van der Waals surface area contributed by atoms with E-state index in [9.17, 15) is 0 Å². The Balaban J connectivity index is 2.10. The third kappa shape index (κ3) is 2.09. The molecule has 1 N–H and O–H groups in total. The minimum atomic E-state index is 0.00703. The highest BCUT2D eigenvalue weighted by molar-refractivity contribution is 5.31. The molecule has 1 saturated heterocycles. The van der Waals surface area contributed by atoms with Crippen LogP contribution in [-0.2, 0) is 6.61 Å².